The Labute approximate surface area is 75.0 Å². The van der Waals surface area contributed by atoms with E-state index in [1.807, 2.05) is 14.1 Å². The molecule has 1 N–H and O–H groups in total. The van der Waals surface area contributed by atoms with Gasteiger partial charge in [-0.05, 0) is 26.9 Å². The first-order valence-electron chi connectivity index (χ1n) is 4.06. The molecule has 1 aliphatic rings. The first-order valence-corrected chi connectivity index (χ1v) is 4.06. The molecule has 0 bridgehead atoms. The number of halogens is 1. The second kappa shape index (κ2) is 4.96. The number of likely N-dealkylation sites (N-methyl/N-ethyl adjacent to an activating group) is 1. The summed E-state index contributed by atoms with van der Waals surface area (Å²) in [6.07, 6.45) is 4.55. The minimum Gasteiger partial charge on any atom is -0.391 e. The molecule has 1 saturated carbocycles. The van der Waals surface area contributed by atoms with E-state index in [0.29, 0.717) is 6.04 Å². The van der Waals surface area contributed by atoms with Gasteiger partial charge in [-0.1, -0.05) is 12.8 Å². The number of hydrogen-bond donors (Lipinski definition) is 1. The molecule has 0 aliphatic heterocycles. The Morgan fingerprint density at radius 2 is 1.73 bits per heavy atom. The third-order valence-electron chi connectivity index (χ3n) is 2.36. The van der Waals surface area contributed by atoms with Crippen molar-refractivity contribution in [2.24, 2.45) is 0 Å². The van der Waals surface area contributed by atoms with Crippen LogP contribution in [0.1, 0.15) is 25.7 Å². The molecule has 0 radical (unpaired) electrons. The highest BCUT2D eigenvalue weighted by molar-refractivity contribution is 5.85. The monoisotopic (exact) mass is 179 g/mol. The van der Waals surface area contributed by atoms with Gasteiger partial charge >= 0.3 is 0 Å². The summed E-state index contributed by atoms with van der Waals surface area (Å²) >= 11 is 0. The second-order valence-corrected chi connectivity index (χ2v) is 3.38. The van der Waals surface area contributed by atoms with Crippen LogP contribution in [0.4, 0.5) is 0 Å². The Kier molecular flexibility index (Phi) is 5.06. The average molecular weight is 180 g/mol. The van der Waals surface area contributed by atoms with Crippen molar-refractivity contribution in [1.29, 1.82) is 0 Å². The van der Waals surface area contributed by atoms with Gasteiger partial charge in [0.1, 0.15) is 0 Å². The molecule has 0 spiro atoms. The Hall–Kier alpha value is 0.210. The van der Waals surface area contributed by atoms with Crippen LogP contribution in [0.15, 0.2) is 0 Å². The summed E-state index contributed by atoms with van der Waals surface area (Å²) in [6.45, 7) is 0. The standard InChI is InChI=1S/C8H17NO.ClH/c1-9(2)7-5-3-4-6-8(7)10;/h7-8,10H,3-6H2,1-2H3;1H/t7-,8-;/m1./s1. The maximum Gasteiger partial charge on any atom is 0.0695 e. The number of aliphatic hydroxyl groups is 1. The fourth-order valence-electron chi connectivity index (χ4n) is 1.69. The van der Waals surface area contributed by atoms with Gasteiger partial charge in [-0.3, -0.25) is 0 Å². The Morgan fingerprint density at radius 3 is 2.09 bits per heavy atom. The van der Waals surface area contributed by atoms with Crippen molar-refractivity contribution in [3.05, 3.63) is 0 Å². The first-order chi connectivity index (χ1) is 4.72. The van der Waals surface area contributed by atoms with E-state index in [1.54, 1.807) is 0 Å². The summed E-state index contributed by atoms with van der Waals surface area (Å²) in [5, 5.41) is 9.50. The Balaban J connectivity index is 0.000001000. The normalized spacial score (nSPS) is 31.6. The number of rotatable bonds is 1. The summed E-state index contributed by atoms with van der Waals surface area (Å²) in [4.78, 5) is 2.13. The van der Waals surface area contributed by atoms with E-state index < -0.39 is 0 Å². The molecular weight excluding hydrogens is 162 g/mol. The molecule has 1 aliphatic carbocycles. The Morgan fingerprint density at radius 1 is 1.18 bits per heavy atom. The molecule has 0 aromatic carbocycles. The fraction of sp³-hybridized carbons (Fsp3) is 1.00. The zero-order chi connectivity index (χ0) is 7.56. The molecule has 0 aromatic rings. The van der Waals surface area contributed by atoms with Crippen molar-refractivity contribution >= 4 is 12.4 Å². The summed E-state index contributed by atoms with van der Waals surface area (Å²) in [7, 11) is 4.08. The van der Waals surface area contributed by atoms with Crippen LogP contribution in [0.2, 0.25) is 0 Å². The van der Waals surface area contributed by atoms with Crippen molar-refractivity contribution in [3.8, 4) is 0 Å². The van der Waals surface area contributed by atoms with E-state index in [2.05, 4.69) is 4.90 Å². The quantitative estimate of drug-likeness (QED) is 0.656. The largest absolute Gasteiger partial charge is 0.391 e. The Bertz CT molecular complexity index is 108. The fourth-order valence-corrected chi connectivity index (χ4v) is 1.69. The van der Waals surface area contributed by atoms with Gasteiger partial charge < -0.3 is 10.0 Å². The van der Waals surface area contributed by atoms with E-state index in [0.717, 1.165) is 12.8 Å². The van der Waals surface area contributed by atoms with Crippen molar-refractivity contribution < 1.29 is 5.11 Å². The lowest BCUT2D eigenvalue weighted by molar-refractivity contribution is 0.0435. The van der Waals surface area contributed by atoms with Gasteiger partial charge in [0.25, 0.3) is 0 Å². The molecule has 68 valence electrons. The summed E-state index contributed by atoms with van der Waals surface area (Å²) < 4.78 is 0. The summed E-state index contributed by atoms with van der Waals surface area (Å²) in [5.41, 5.74) is 0. The van der Waals surface area contributed by atoms with E-state index in [1.165, 1.54) is 12.8 Å². The van der Waals surface area contributed by atoms with Gasteiger partial charge in [0.15, 0.2) is 0 Å². The highest BCUT2D eigenvalue weighted by Gasteiger charge is 2.23. The van der Waals surface area contributed by atoms with Crippen LogP contribution in [-0.2, 0) is 0 Å². The zero-order valence-corrected chi connectivity index (χ0v) is 8.10. The zero-order valence-electron chi connectivity index (χ0n) is 7.29. The second-order valence-electron chi connectivity index (χ2n) is 3.38. The highest BCUT2D eigenvalue weighted by Crippen LogP contribution is 2.20. The first kappa shape index (κ1) is 11.2. The number of nitrogens with zero attached hydrogens (tertiary/aromatic N) is 1. The van der Waals surface area contributed by atoms with Crippen LogP contribution in [0.5, 0.6) is 0 Å². The van der Waals surface area contributed by atoms with Gasteiger partial charge in [0, 0.05) is 6.04 Å². The van der Waals surface area contributed by atoms with Crippen LogP contribution in [0.3, 0.4) is 0 Å². The van der Waals surface area contributed by atoms with Gasteiger partial charge in [-0.15, -0.1) is 12.4 Å². The van der Waals surface area contributed by atoms with Gasteiger partial charge in [0.05, 0.1) is 6.10 Å². The highest BCUT2D eigenvalue weighted by atomic mass is 35.5. The van der Waals surface area contributed by atoms with Gasteiger partial charge in [-0.25, -0.2) is 0 Å². The van der Waals surface area contributed by atoms with Crippen LogP contribution >= 0.6 is 12.4 Å². The topological polar surface area (TPSA) is 23.5 Å². The van der Waals surface area contributed by atoms with Gasteiger partial charge in [-0.2, -0.15) is 0 Å². The van der Waals surface area contributed by atoms with E-state index in [-0.39, 0.29) is 18.5 Å². The average Bonchev–Trinajstić information content (AvgIpc) is 1.88. The molecule has 11 heavy (non-hydrogen) atoms. The molecule has 0 saturated heterocycles. The predicted molar refractivity (Wildman–Crippen MR) is 49.2 cm³/mol. The van der Waals surface area contributed by atoms with Crippen LogP contribution in [0, 0.1) is 0 Å². The van der Waals surface area contributed by atoms with E-state index in [4.69, 9.17) is 0 Å². The third-order valence-corrected chi connectivity index (χ3v) is 2.36. The van der Waals surface area contributed by atoms with Gasteiger partial charge in [0.2, 0.25) is 0 Å². The minimum atomic E-state index is -0.0799. The van der Waals surface area contributed by atoms with Crippen molar-refractivity contribution in [2.45, 2.75) is 37.8 Å². The summed E-state index contributed by atoms with van der Waals surface area (Å²) in [5.74, 6) is 0. The summed E-state index contributed by atoms with van der Waals surface area (Å²) in [6, 6.07) is 0.411. The lowest BCUT2D eigenvalue weighted by Crippen LogP contribution is -2.41. The minimum absolute atomic E-state index is 0. The predicted octanol–water partition coefficient (Wildman–Crippen LogP) is 1.27. The lowest BCUT2D eigenvalue weighted by Gasteiger charge is -2.32. The molecule has 0 heterocycles. The van der Waals surface area contributed by atoms with E-state index >= 15 is 0 Å². The van der Waals surface area contributed by atoms with Crippen molar-refractivity contribution in [3.63, 3.8) is 0 Å². The van der Waals surface area contributed by atoms with Crippen LogP contribution in [0.25, 0.3) is 0 Å². The molecular formula is C8H18ClNO. The molecule has 2 nitrogen and oxygen atoms in total. The van der Waals surface area contributed by atoms with Crippen molar-refractivity contribution in [1.82, 2.24) is 4.90 Å². The SMILES string of the molecule is CN(C)[C@@H]1CCCC[C@H]1O.Cl. The smallest absolute Gasteiger partial charge is 0.0695 e. The molecule has 0 unspecified atom stereocenters. The maximum atomic E-state index is 9.50. The van der Waals surface area contributed by atoms with Crippen LogP contribution in [-0.4, -0.2) is 36.2 Å². The lowest BCUT2D eigenvalue weighted by atomic mass is 9.92. The molecule has 0 amide bonds. The van der Waals surface area contributed by atoms with Crippen molar-refractivity contribution in [2.75, 3.05) is 14.1 Å². The molecule has 0 aromatic heterocycles. The number of hydrogen-bond acceptors (Lipinski definition) is 2. The molecule has 1 fully saturated rings. The maximum absolute atomic E-state index is 9.50. The van der Waals surface area contributed by atoms with E-state index in [9.17, 15) is 5.11 Å². The van der Waals surface area contributed by atoms with Crippen LogP contribution < -0.4 is 0 Å². The molecule has 3 heteroatoms. The molecule has 2 atom stereocenters. The number of aliphatic hydroxyl groups excluding tert-OH is 1. The third kappa shape index (κ3) is 2.97. The molecule has 1 rings (SSSR count).